The fraction of sp³-hybridized carbons (Fsp3) is 0.200. The van der Waals surface area contributed by atoms with Gasteiger partial charge in [0.2, 0.25) is 6.29 Å². The van der Waals surface area contributed by atoms with Gasteiger partial charge in [-0.05, 0) is 25.1 Å². The van der Waals surface area contributed by atoms with Crippen LogP contribution in [0, 0.1) is 12.7 Å². The zero-order valence-corrected chi connectivity index (χ0v) is 18.6. The molecule has 5 rings (SSSR count). The van der Waals surface area contributed by atoms with E-state index in [0.717, 1.165) is 27.7 Å². The molecule has 0 bridgehead atoms. The molecule has 1 aliphatic heterocycles. The maximum absolute atomic E-state index is 14.3. The van der Waals surface area contributed by atoms with Crippen molar-refractivity contribution in [1.29, 1.82) is 0 Å². The Morgan fingerprint density at radius 2 is 1.91 bits per heavy atom. The average molecular weight is 448 g/mol. The highest BCUT2D eigenvalue weighted by atomic mass is 32.2. The van der Waals surface area contributed by atoms with Crippen molar-refractivity contribution < 1.29 is 13.9 Å². The van der Waals surface area contributed by atoms with Crippen LogP contribution < -0.4 is 4.74 Å². The number of aryl methyl sites for hydroxylation is 1. The van der Waals surface area contributed by atoms with Gasteiger partial charge in [0.25, 0.3) is 0 Å². The summed E-state index contributed by atoms with van der Waals surface area (Å²) in [6.07, 6.45) is -0.513. The molecule has 5 nitrogen and oxygen atoms in total. The Labute approximate surface area is 190 Å². The van der Waals surface area contributed by atoms with Crippen LogP contribution in [0.1, 0.15) is 28.5 Å². The first-order valence-electron chi connectivity index (χ1n) is 10.3. The summed E-state index contributed by atoms with van der Waals surface area (Å²) in [5, 5.41) is 9.47. The quantitative estimate of drug-likeness (QED) is 0.360. The molecule has 3 aromatic carbocycles. The zero-order chi connectivity index (χ0) is 22.1. The number of ether oxygens (including phenoxy) is 2. The molecule has 0 saturated heterocycles. The van der Waals surface area contributed by atoms with Gasteiger partial charge in [0.15, 0.2) is 11.0 Å². The van der Waals surface area contributed by atoms with Gasteiger partial charge in [0, 0.05) is 35.1 Å². The first-order valence-corrected chi connectivity index (χ1v) is 11.3. The van der Waals surface area contributed by atoms with Crippen molar-refractivity contribution in [3.05, 3.63) is 94.8 Å². The van der Waals surface area contributed by atoms with Crippen LogP contribution in [0.15, 0.2) is 71.9 Å². The Balaban J connectivity index is 1.39. The normalized spacial score (nSPS) is 15.3. The molecule has 0 radical (unpaired) electrons. The predicted molar refractivity (Wildman–Crippen MR) is 122 cm³/mol. The van der Waals surface area contributed by atoms with E-state index < -0.39 is 6.29 Å². The lowest BCUT2D eigenvalue weighted by molar-refractivity contribution is -0.112. The van der Waals surface area contributed by atoms with E-state index in [1.807, 2.05) is 54.1 Å². The minimum absolute atomic E-state index is 0.297. The SMILES string of the molecule is Cc1cccc(-c2nnc(SCc3cc(F)cc4c3OC(c3ccccc3)OC4)n2C)c1. The standard InChI is InChI=1S/C25H22FN3O2S/c1-16-7-6-10-18(11-16)23-27-28-25(29(23)2)32-15-20-13-21(26)12-19-14-30-24(31-22(19)20)17-8-4-3-5-9-17/h3-13,24H,14-15H2,1-2H3. The number of aromatic nitrogens is 3. The van der Waals surface area contributed by atoms with Gasteiger partial charge in [-0.15, -0.1) is 10.2 Å². The molecule has 1 unspecified atom stereocenters. The maximum atomic E-state index is 14.3. The Morgan fingerprint density at radius 3 is 2.72 bits per heavy atom. The summed E-state index contributed by atoms with van der Waals surface area (Å²) < 4.78 is 28.2. The van der Waals surface area contributed by atoms with Gasteiger partial charge in [-0.3, -0.25) is 0 Å². The lowest BCUT2D eigenvalue weighted by atomic mass is 10.1. The van der Waals surface area contributed by atoms with Gasteiger partial charge in [-0.25, -0.2) is 4.39 Å². The first kappa shape index (κ1) is 20.7. The molecule has 162 valence electrons. The Bertz CT molecular complexity index is 1260. The van der Waals surface area contributed by atoms with Crippen molar-refractivity contribution in [2.75, 3.05) is 0 Å². The zero-order valence-electron chi connectivity index (χ0n) is 17.8. The van der Waals surface area contributed by atoms with E-state index >= 15 is 0 Å². The number of rotatable bonds is 5. The van der Waals surface area contributed by atoms with Crippen molar-refractivity contribution in [2.45, 2.75) is 30.7 Å². The molecule has 32 heavy (non-hydrogen) atoms. The molecule has 0 N–H and O–H groups in total. The van der Waals surface area contributed by atoms with Crippen LogP contribution in [-0.2, 0) is 24.1 Å². The van der Waals surface area contributed by atoms with Crippen LogP contribution in [0.4, 0.5) is 4.39 Å². The molecule has 1 aliphatic rings. The Hall–Kier alpha value is -3.16. The number of hydrogen-bond acceptors (Lipinski definition) is 5. The van der Waals surface area contributed by atoms with Crippen LogP contribution in [0.25, 0.3) is 11.4 Å². The van der Waals surface area contributed by atoms with Gasteiger partial charge in [-0.1, -0.05) is 65.9 Å². The third-order valence-electron chi connectivity index (χ3n) is 5.36. The van der Waals surface area contributed by atoms with Crippen molar-refractivity contribution >= 4 is 11.8 Å². The number of nitrogens with zero attached hydrogens (tertiary/aromatic N) is 3. The molecule has 7 heteroatoms. The summed E-state index contributed by atoms with van der Waals surface area (Å²) in [6.45, 7) is 2.35. The minimum atomic E-state index is -0.513. The number of halogens is 1. The van der Waals surface area contributed by atoms with E-state index in [-0.39, 0.29) is 5.82 Å². The van der Waals surface area contributed by atoms with Crippen LogP contribution in [-0.4, -0.2) is 14.8 Å². The van der Waals surface area contributed by atoms with Crippen molar-refractivity contribution in [3.63, 3.8) is 0 Å². The third-order valence-corrected chi connectivity index (χ3v) is 6.43. The fourth-order valence-electron chi connectivity index (χ4n) is 3.78. The number of thioether (sulfide) groups is 1. The second-order valence-electron chi connectivity index (χ2n) is 7.75. The highest BCUT2D eigenvalue weighted by Gasteiger charge is 2.25. The largest absolute Gasteiger partial charge is 0.460 e. The lowest BCUT2D eigenvalue weighted by Gasteiger charge is -2.28. The topological polar surface area (TPSA) is 49.2 Å². The molecular weight excluding hydrogens is 425 g/mol. The fourth-order valence-corrected chi connectivity index (χ4v) is 4.65. The molecule has 0 spiro atoms. The minimum Gasteiger partial charge on any atom is -0.460 e. The van der Waals surface area contributed by atoms with Crippen LogP contribution in [0.5, 0.6) is 5.75 Å². The number of hydrogen-bond donors (Lipinski definition) is 0. The molecule has 0 aliphatic carbocycles. The van der Waals surface area contributed by atoms with Gasteiger partial charge < -0.3 is 14.0 Å². The molecule has 2 heterocycles. The van der Waals surface area contributed by atoms with Crippen LogP contribution in [0.2, 0.25) is 0 Å². The first-order chi connectivity index (χ1) is 15.6. The number of fused-ring (bicyclic) bond motifs is 1. The lowest BCUT2D eigenvalue weighted by Crippen LogP contribution is -2.19. The monoisotopic (exact) mass is 447 g/mol. The van der Waals surface area contributed by atoms with E-state index in [2.05, 4.69) is 29.3 Å². The highest BCUT2D eigenvalue weighted by Crippen LogP contribution is 2.39. The molecule has 1 atom stereocenters. The summed E-state index contributed by atoms with van der Waals surface area (Å²) in [4.78, 5) is 0. The van der Waals surface area contributed by atoms with E-state index in [9.17, 15) is 4.39 Å². The smallest absolute Gasteiger partial charge is 0.227 e. The second kappa shape index (κ2) is 8.76. The molecular formula is C25H22FN3O2S. The van der Waals surface area contributed by atoms with Gasteiger partial charge >= 0.3 is 0 Å². The average Bonchev–Trinajstić information content (AvgIpc) is 3.18. The predicted octanol–water partition coefficient (Wildman–Crippen LogP) is 5.83. The van der Waals surface area contributed by atoms with Crippen LogP contribution in [0.3, 0.4) is 0 Å². The van der Waals surface area contributed by atoms with E-state index in [1.165, 1.54) is 29.5 Å². The third kappa shape index (κ3) is 4.13. The molecule has 0 fully saturated rings. The highest BCUT2D eigenvalue weighted by molar-refractivity contribution is 7.98. The maximum Gasteiger partial charge on any atom is 0.227 e. The van der Waals surface area contributed by atoms with Gasteiger partial charge in [0.1, 0.15) is 11.6 Å². The van der Waals surface area contributed by atoms with Crippen molar-refractivity contribution in [1.82, 2.24) is 14.8 Å². The summed E-state index contributed by atoms with van der Waals surface area (Å²) in [7, 11) is 1.94. The molecule has 1 aromatic heterocycles. The van der Waals surface area contributed by atoms with E-state index in [0.29, 0.717) is 23.7 Å². The Kier molecular flexibility index (Phi) is 5.68. The van der Waals surface area contributed by atoms with Gasteiger partial charge in [-0.2, -0.15) is 0 Å². The van der Waals surface area contributed by atoms with Gasteiger partial charge in [0.05, 0.1) is 6.61 Å². The molecule has 0 amide bonds. The second-order valence-corrected chi connectivity index (χ2v) is 8.69. The summed E-state index contributed by atoms with van der Waals surface area (Å²) in [5.41, 5.74) is 4.59. The van der Waals surface area contributed by atoms with Crippen LogP contribution >= 0.6 is 11.8 Å². The summed E-state index contributed by atoms with van der Waals surface area (Å²) in [6, 6.07) is 20.9. The summed E-state index contributed by atoms with van der Waals surface area (Å²) in [5.74, 6) is 1.68. The van der Waals surface area contributed by atoms with Crippen molar-refractivity contribution in [3.8, 4) is 17.1 Å². The molecule has 4 aromatic rings. The Morgan fingerprint density at radius 1 is 1.06 bits per heavy atom. The number of benzene rings is 3. The molecule has 0 saturated carbocycles. The summed E-state index contributed by atoms with van der Waals surface area (Å²) >= 11 is 1.50. The van der Waals surface area contributed by atoms with E-state index in [1.54, 1.807) is 0 Å². The van der Waals surface area contributed by atoms with E-state index in [4.69, 9.17) is 9.47 Å². The van der Waals surface area contributed by atoms with Crippen molar-refractivity contribution in [2.24, 2.45) is 7.05 Å².